The molecule has 0 spiro atoms. The third kappa shape index (κ3) is 11.7. The van der Waals surface area contributed by atoms with E-state index in [2.05, 4.69) is 93.7 Å². The lowest BCUT2D eigenvalue weighted by Crippen LogP contribution is -2.53. The molecular weight excluding hydrogens is 592 g/mol. The van der Waals surface area contributed by atoms with Crippen molar-refractivity contribution in [3.05, 3.63) is 0 Å². The van der Waals surface area contributed by atoms with Crippen molar-refractivity contribution in [3.8, 4) is 0 Å². The largest absolute Gasteiger partial charge is 0.462 e. The summed E-state index contributed by atoms with van der Waals surface area (Å²) in [6.07, 6.45) is 4.22. The second kappa shape index (κ2) is 17.8. The van der Waals surface area contributed by atoms with Gasteiger partial charge in [0.25, 0.3) is 0 Å². The van der Waals surface area contributed by atoms with Crippen LogP contribution in [0.4, 0.5) is 0 Å². The molecule has 272 valence electrons. The van der Waals surface area contributed by atoms with E-state index in [1.54, 1.807) is 0 Å². The zero-order valence-corrected chi connectivity index (χ0v) is 31.8. The molecule has 3 aliphatic rings. The average molecular weight is 663 g/mol. The van der Waals surface area contributed by atoms with Gasteiger partial charge in [-0.25, -0.2) is 0 Å². The molecule has 3 fully saturated rings. The zero-order chi connectivity index (χ0) is 35.2. The molecule has 0 aromatic rings. The van der Waals surface area contributed by atoms with E-state index in [1.807, 2.05) is 0 Å². The highest BCUT2D eigenvalue weighted by atomic mass is 16.6. The molecule has 8 nitrogen and oxygen atoms in total. The summed E-state index contributed by atoms with van der Waals surface area (Å²) in [7, 11) is 0. The van der Waals surface area contributed by atoms with Gasteiger partial charge in [0.15, 0.2) is 5.92 Å². The molecule has 3 rings (SSSR count). The first-order valence-corrected chi connectivity index (χ1v) is 19.1. The van der Waals surface area contributed by atoms with Crippen LogP contribution >= 0.6 is 0 Å². The van der Waals surface area contributed by atoms with Crippen molar-refractivity contribution < 1.29 is 28.6 Å². The maximum Gasteiger partial charge on any atom is 0.321 e. The van der Waals surface area contributed by atoms with Crippen LogP contribution in [0.15, 0.2) is 0 Å². The number of nitrogens with one attached hydrogen (secondary N) is 2. The minimum Gasteiger partial charge on any atom is -0.462 e. The summed E-state index contributed by atoms with van der Waals surface area (Å²) in [5, 5.41) is 7.45. The Morgan fingerprint density at radius 1 is 0.468 bits per heavy atom. The minimum absolute atomic E-state index is 0.204. The second-order valence-corrected chi connectivity index (χ2v) is 17.4. The van der Waals surface area contributed by atoms with Crippen LogP contribution in [0, 0.1) is 53.3 Å². The minimum atomic E-state index is -1.34. The van der Waals surface area contributed by atoms with Gasteiger partial charge in [-0.1, -0.05) is 83.1 Å². The Bertz CT molecular complexity index is 909. The van der Waals surface area contributed by atoms with Crippen molar-refractivity contribution in [3.63, 3.8) is 0 Å². The van der Waals surface area contributed by atoms with Gasteiger partial charge in [0.1, 0.15) is 18.3 Å². The molecule has 2 N–H and O–H groups in total. The second-order valence-electron chi connectivity index (χ2n) is 17.4. The maximum atomic E-state index is 14.0. The molecule has 1 aliphatic carbocycles. The molecule has 2 saturated heterocycles. The molecule has 7 unspecified atom stereocenters. The lowest BCUT2D eigenvalue weighted by molar-refractivity contribution is -0.176. The maximum absolute atomic E-state index is 14.0. The highest BCUT2D eigenvalue weighted by Gasteiger charge is 2.42. The van der Waals surface area contributed by atoms with Gasteiger partial charge in [0, 0.05) is 49.9 Å². The van der Waals surface area contributed by atoms with Crippen LogP contribution in [-0.4, -0.2) is 60.4 Å². The average Bonchev–Trinajstić information content (AvgIpc) is 2.98. The van der Waals surface area contributed by atoms with Crippen LogP contribution in [-0.2, 0) is 28.6 Å². The summed E-state index contributed by atoms with van der Waals surface area (Å²) >= 11 is 0. The van der Waals surface area contributed by atoms with Crippen LogP contribution in [0.1, 0.15) is 134 Å². The quantitative estimate of drug-likeness (QED) is 0.120. The van der Waals surface area contributed by atoms with Crippen molar-refractivity contribution in [2.75, 3.05) is 0 Å². The van der Waals surface area contributed by atoms with Gasteiger partial charge in [-0.3, -0.25) is 14.4 Å². The Balaban J connectivity index is 1.79. The molecule has 8 heteroatoms. The fraction of sp³-hybridized carbons (Fsp3) is 0.923. The number of carbonyl (C=O) groups is 3. The SMILES string of the molecule is CC(C)C1CC(OC(=O)C(CC(=O)OC2CC(C(C)C)NC(C(C)C)C2)C(=O)OC2CC(C(C)C)NC(C(C)C)C2)CC(C(C)C)C1. The number of hydrogen-bond acceptors (Lipinski definition) is 8. The van der Waals surface area contributed by atoms with Crippen LogP contribution in [0.25, 0.3) is 0 Å². The molecule has 0 bridgehead atoms. The first kappa shape index (κ1) is 39.8. The molecule has 2 heterocycles. The summed E-state index contributed by atoms with van der Waals surface area (Å²) in [5.74, 6) is 0.197. The van der Waals surface area contributed by atoms with Crippen molar-refractivity contribution >= 4 is 17.9 Å². The highest BCUT2D eigenvalue weighted by Crippen LogP contribution is 2.39. The lowest BCUT2D eigenvalue weighted by atomic mass is 9.71. The number of ether oxygens (including phenoxy) is 3. The topological polar surface area (TPSA) is 103 Å². The predicted molar refractivity (Wildman–Crippen MR) is 187 cm³/mol. The molecule has 7 atom stereocenters. The molecule has 47 heavy (non-hydrogen) atoms. The fourth-order valence-corrected chi connectivity index (χ4v) is 7.89. The molecule has 1 saturated carbocycles. The number of piperidine rings is 2. The third-order valence-corrected chi connectivity index (χ3v) is 11.6. The van der Waals surface area contributed by atoms with Gasteiger partial charge in [-0.2, -0.15) is 0 Å². The van der Waals surface area contributed by atoms with E-state index in [0.29, 0.717) is 73.0 Å². The van der Waals surface area contributed by atoms with Crippen LogP contribution in [0.2, 0.25) is 0 Å². The van der Waals surface area contributed by atoms with Gasteiger partial charge >= 0.3 is 17.9 Å². The van der Waals surface area contributed by atoms with E-state index in [0.717, 1.165) is 19.3 Å². The predicted octanol–water partition coefficient (Wildman–Crippen LogP) is 7.32. The van der Waals surface area contributed by atoms with Gasteiger partial charge in [0.2, 0.25) is 0 Å². The molecule has 0 radical (unpaired) electrons. The zero-order valence-electron chi connectivity index (χ0n) is 31.8. The smallest absolute Gasteiger partial charge is 0.321 e. The summed E-state index contributed by atoms with van der Waals surface area (Å²) in [4.78, 5) is 41.5. The summed E-state index contributed by atoms with van der Waals surface area (Å²) in [6, 6.07) is 0.874. The van der Waals surface area contributed by atoms with Crippen molar-refractivity contribution in [2.45, 2.75) is 177 Å². The standard InChI is InChI=1S/C39H70N2O6/c1-21(2)27-13-28(22(3)4)15-29(14-27)46-38(43)32(39(44)47-31-18-35(25(9)10)41-36(19-31)26(11)12)20-37(42)45-30-16-33(23(5)6)40-34(17-30)24(7)8/h21-36,40-41H,13-20H2,1-12H3. The Morgan fingerprint density at radius 2 is 0.787 bits per heavy atom. The van der Waals surface area contributed by atoms with Crippen molar-refractivity contribution in [2.24, 2.45) is 53.3 Å². The monoisotopic (exact) mass is 663 g/mol. The highest BCUT2D eigenvalue weighted by molar-refractivity contribution is 5.98. The summed E-state index contributed by atoms with van der Waals surface area (Å²) in [6.45, 7) is 26.3. The normalized spacial score (nSPS) is 32.7. The van der Waals surface area contributed by atoms with Gasteiger partial charge in [-0.15, -0.1) is 0 Å². The van der Waals surface area contributed by atoms with E-state index < -0.39 is 23.8 Å². The van der Waals surface area contributed by atoms with E-state index in [1.165, 1.54) is 0 Å². The van der Waals surface area contributed by atoms with Gasteiger partial charge in [-0.05, 0) is 66.6 Å². The van der Waals surface area contributed by atoms with E-state index >= 15 is 0 Å². The molecular formula is C39H70N2O6. The van der Waals surface area contributed by atoms with E-state index in [4.69, 9.17) is 14.2 Å². The van der Waals surface area contributed by atoms with E-state index in [-0.39, 0.29) is 48.9 Å². The van der Waals surface area contributed by atoms with Crippen molar-refractivity contribution in [1.29, 1.82) is 0 Å². The van der Waals surface area contributed by atoms with E-state index in [9.17, 15) is 14.4 Å². The molecule has 0 aromatic carbocycles. The summed E-state index contributed by atoms with van der Waals surface area (Å²) in [5.41, 5.74) is 0. The number of hydrogen-bond donors (Lipinski definition) is 2. The van der Waals surface area contributed by atoms with Gasteiger partial charge < -0.3 is 24.8 Å². The first-order valence-electron chi connectivity index (χ1n) is 19.1. The Kier molecular flexibility index (Phi) is 15.1. The first-order chi connectivity index (χ1) is 21.9. The van der Waals surface area contributed by atoms with Crippen LogP contribution < -0.4 is 10.6 Å². The van der Waals surface area contributed by atoms with Crippen LogP contribution in [0.3, 0.4) is 0 Å². The molecule has 0 aromatic heterocycles. The Morgan fingerprint density at radius 3 is 1.11 bits per heavy atom. The number of rotatable bonds is 13. The Hall–Kier alpha value is -1.67. The van der Waals surface area contributed by atoms with Crippen molar-refractivity contribution in [1.82, 2.24) is 10.6 Å². The molecule has 2 aliphatic heterocycles. The van der Waals surface area contributed by atoms with Crippen LogP contribution in [0.5, 0.6) is 0 Å². The molecule has 0 amide bonds. The number of carbonyl (C=O) groups excluding carboxylic acids is 3. The summed E-state index contributed by atoms with van der Waals surface area (Å²) < 4.78 is 18.3. The lowest BCUT2D eigenvalue weighted by Gasteiger charge is -2.40. The van der Waals surface area contributed by atoms with Gasteiger partial charge in [0.05, 0.1) is 6.42 Å². The Labute approximate surface area is 287 Å². The third-order valence-electron chi connectivity index (χ3n) is 11.6. The fourth-order valence-electron chi connectivity index (χ4n) is 7.89. The number of esters is 3.